The monoisotopic (exact) mass is 291 g/mol. The summed E-state index contributed by atoms with van der Waals surface area (Å²) >= 11 is 0. The van der Waals surface area contributed by atoms with Gasteiger partial charge in [0.2, 0.25) is 0 Å². The molecule has 0 bridgehead atoms. The molecule has 0 spiro atoms. The SMILES string of the molecule is CS(=O)(=O)c1ccc(OC2CCNCC2)cc1.Cl. The van der Waals surface area contributed by atoms with Crippen LogP contribution in [0.25, 0.3) is 0 Å². The second-order valence-corrected chi connectivity index (χ2v) is 6.33. The summed E-state index contributed by atoms with van der Waals surface area (Å²) in [5, 5.41) is 3.27. The van der Waals surface area contributed by atoms with Crippen LogP contribution in [0.3, 0.4) is 0 Å². The molecule has 1 heterocycles. The molecule has 0 aliphatic carbocycles. The molecular formula is C12H18ClNO3S. The van der Waals surface area contributed by atoms with Gasteiger partial charge in [-0.3, -0.25) is 0 Å². The van der Waals surface area contributed by atoms with Crippen LogP contribution in [0.4, 0.5) is 0 Å². The summed E-state index contributed by atoms with van der Waals surface area (Å²) in [5.41, 5.74) is 0. The minimum Gasteiger partial charge on any atom is -0.490 e. The van der Waals surface area contributed by atoms with Crippen molar-refractivity contribution >= 4 is 22.2 Å². The molecule has 18 heavy (non-hydrogen) atoms. The molecule has 1 aliphatic rings. The van der Waals surface area contributed by atoms with Gasteiger partial charge in [0.25, 0.3) is 0 Å². The van der Waals surface area contributed by atoms with Crippen LogP contribution < -0.4 is 10.1 Å². The topological polar surface area (TPSA) is 55.4 Å². The van der Waals surface area contributed by atoms with Crippen LogP contribution in [-0.2, 0) is 9.84 Å². The molecule has 1 aromatic carbocycles. The van der Waals surface area contributed by atoms with E-state index in [1.807, 2.05) is 0 Å². The minimum absolute atomic E-state index is 0. The zero-order valence-corrected chi connectivity index (χ0v) is 11.9. The molecule has 4 nitrogen and oxygen atoms in total. The number of hydrogen-bond donors (Lipinski definition) is 1. The van der Waals surface area contributed by atoms with Gasteiger partial charge in [-0.2, -0.15) is 0 Å². The number of benzene rings is 1. The van der Waals surface area contributed by atoms with Gasteiger partial charge < -0.3 is 10.1 Å². The number of piperidine rings is 1. The number of hydrogen-bond acceptors (Lipinski definition) is 4. The Labute approximate surface area is 114 Å². The maximum absolute atomic E-state index is 11.3. The zero-order valence-electron chi connectivity index (χ0n) is 10.3. The number of sulfone groups is 1. The number of halogens is 1. The Balaban J connectivity index is 0.00000162. The molecule has 1 N–H and O–H groups in total. The van der Waals surface area contributed by atoms with Crippen LogP contribution >= 0.6 is 12.4 Å². The summed E-state index contributed by atoms with van der Waals surface area (Å²) in [6, 6.07) is 6.62. The fourth-order valence-corrected chi connectivity index (χ4v) is 2.50. The molecule has 102 valence electrons. The Morgan fingerprint density at radius 1 is 1.17 bits per heavy atom. The fourth-order valence-electron chi connectivity index (χ4n) is 1.87. The molecule has 1 aromatic rings. The van der Waals surface area contributed by atoms with E-state index in [2.05, 4.69) is 5.32 Å². The highest BCUT2D eigenvalue weighted by molar-refractivity contribution is 7.90. The molecule has 2 rings (SSSR count). The van der Waals surface area contributed by atoms with E-state index in [9.17, 15) is 8.42 Å². The van der Waals surface area contributed by atoms with Gasteiger partial charge in [0.15, 0.2) is 9.84 Å². The maximum atomic E-state index is 11.3. The Morgan fingerprint density at radius 3 is 2.22 bits per heavy atom. The van der Waals surface area contributed by atoms with Crippen molar-refractivity contribution in [1.82, 2.24) is 5.32 Å². The van der Waals surface area contributed by atoms with Crippen molar-refractivity contribution in [3.8, 4) is 5.75 Å². The van der Waals surface area contributed by atoms with Crippen molar-refractivity contribution in [1.29, 1.82) is 0 Å². The highest BCUT2D eigenvalue weighted by Gasteiger charge is 2.14. The molecule has 0 amide bonds. The van der Waals surface area contributed by atoms with E-state index in [0.29, 0.717) is 4.90 Å². The van der Waals surface area contributed by atoms with Gasteiger partial charge in [-0.1, -0.05) is 0 Å². The zero-order chi connectivity index (χ0) is 12.3. The lowest BCUT2D eigenvalue weighted by molar-refractivity contribution is 0.162. The first-order chi connectivity index (χ1) is 8.05. The lowest BCUT2D eigenvalue weighted by Gasteiger charge is -2.23. The minimum atomic E-state index is -3.12. The molecule has 1 saturated heterocycles. The molecule has 0 radical (unpaired) electrons. The highest BCUT2D eigenvalue weighted by atomic mass is 35.5. The normalized spacial score (nSPS) is 16.9. The van der Waals surface area contributed by atoms with Crippen molar-refractivity contribution in [3.05, 3.63) is 24.3 Å². The number of nitrogens with one attached hydrogen (secondary N) is 1. The van der Waals surface area contributed by atoms with Crippen molar-refractivity contribution in [2.75, 3.05) is 19.3 Å². The van der Waals surface area contributed by atoms with Crippen molar-refractivity contribution in [2.45, 2.75) is 23.8 Å². The average Bonchev–Trinajstić information content (AvgIpc) is 2.30. The van der Waals surface area contributed by atoms with Crippen molar-refractivity contribution < 1.29 is 13.2 Å². The second kappa shape index (κ2) is 6.41. The van der Waals surface area contributed by atoms with Crippen LogP contribution in [0.2, 0.25) is 0 Å². The summed E-state index contributed by atoms with van der Waals surface area (Å²) in [5.74, 6) is 0.740. The Hall–Kier alpha value is -0.780. The van der Waals surface area contributed by atoms with Gasteiger partial charge in [0, 0.05) is 6.26 Å². The lowest BCUT2D eigenvalue weighted by Crippen LogP contribution is -2.34. The second-order valence-electron chi connectivity index (χ2n) is 4.31. The smallest absolute Gasteiger partial charge is 0.175 e. The van der Waals surface area contributed by atoms with Gasteiger partial charge >= 0.3 is 0 Å². The highest BCUT2D eigenvalue weighted by Crippen LogP contribution is 2.19. The summed E-state index contributed by atoms with van der Waals surface area (Å²) < 4.78 is 28.4. The van der Waals surface area contributed by atoms with Gasteiger partial charge in [-0.15, -0.1) is 12.4 Å². The van der Waals surface area contributed by atoms with Crippen LogP contribution in [0.15, 0.2) is 29.2 Å². The summed E-state index contributed by atoms with van der Waals surface area (Å²) in [7, 11) is -3.12. The molecule has 0 saturated carbocycles. The third-order valence-corrected chi connectivity index (χ3v) is 3.97. The molecule has 6 heteroatoms. The lowest BCUT2D eigenvalue weighted by atomic mass is 10.1. The number of ether oxygens (including phenoxy) is 1. The molecule has 0 aromatic heterocycles. The van der Waals surface area contributed by atoms with E-state index in [1.54, 1.807) is 24.3 Å². The maximum Gasteiger partial charge on any atom is 0.175 e. The van der Waals surface area contributed by atoms with E-state index < -0.39 is 9.84 Å². The van der Waals surface area contributed by atoms with Gasteiger partial charge in [0.05, 0.1) is 4.90 Å². The first-order valence-electron chi connectivity index (χ1n) is 5.73. The van der Waals surface area contributed by atoms with Gasteiger partial charge in [-0.05, 0) is 50.2 Å². The molecular weight excluding hydrogens is 274 g/mol. The first kappa shape index (κ1) is 15.3. The third kappa shape index (κ3) is 4.15. The van der Waals surface area contributed by atoms with Crippen LogP contribution in [0, 0.1) is 0 Å². The molecule has 0 unspecified atom stereocenters. The predicted molar refractivity (Wildman–Crippen MR) is 73.3 cm³/mol. The molecule has 1 aliphatic heterocycles. The predicted octanol–water partition coefficient (Wildman–Crippen LogP) is 1.64. The summed E-state index contributed by atoms with van der Waals surface area (Å²) in [6.07, 6.45) is 3.43. The fraction of sp³-hybridized carbons (Fsp3) is 0.500. The van der Waals surface area contributed by atoms with Gasteiger partial charge in [0.1, 0.15) is 11.9 Å². The van der Waals surface area contributed by atoms with E-state index in [1.165, 1.54) is 6.26 Å². The standard InChI is InChI=1S/C12H17NO3S.ClH/c1-17(14,15)12-4-2-10(3-5-12)16-11-6-8-13-9-7-11;/h2-5,11,13H,6-9H2,1H3;1H. The van der Waals surface area contributed by atoms with Crippen molar-refractivity contribution in [3.63, 3.8) is 0 Å². The third-order valence-electron chi connectivity index (χ3n) is 2.84. The van der Waals surface area contributed by atoms with Crippen molar-refractivity contribution in [2.24, 2.45) is 0 Å². The van der Waals surface area contributed by atoms with E-state index in [0.717, 1.165) is 31.7 Å². The summed E-state index contributed by atoms with van der Waals surface area (Å²) in [6.45, 7) is 1.96. The number of rotatable bonds is 3. The van der Waals surface area contributed by atoms with E-state index >= 15 is 0 Å². The van der Waals surface area contributed by atoms with Crippen LogP contribution in [-0.4, -0.2) is 33.9 Å². The Kier molecular flexibility index (Phi) is 5.44. The van der Waals surface area contributed by atoms with E-state index in [-0.39, 0.29) is 18.5 Å². The molecule has 0 atom stereocenters. The van der Waals surface area contributed by atoms with E-state index in [4.69, 9.17) is 4.74 Å². The Bertz CT molecular complexity index is 467. The Morgan fingerprint density at radius 2 is 1.72 bits per heavy atom. The quantitative estimate of drug-likeness (QED) is 0.920. The van der Waals surface area contributed by atoms with Gasteiger partial charge in [-0.25, -0.2) is 8.42 Å². The first-order valence-corrected chi connectivity index (χ1v) is 7.62. The van der Waals surface area contributed by atoms with Crippen LogP contribution in [0.1, 0.15) is 12.8 Å². The molecule has 1 fully saturated rings. The van der Waals surface area contributed by atoms with Crippen LogP contribution in [0.5, 0.6) is 5.75 Å². The average molecular weight is 292 g/mol. The summed E-state index contributed by atoms with van der Waals surface area (Å²) in [4.78, 5) is 0.329. The largest absolute Gasteiger partial charge is 0.490 e.